The molecule has 0 spiro atoms. The minimum atomic E-state index is -1.43. The summed E-state index contributed by atoms with van der Waals surface area (Å²) in [7, 11) is 1.54. The fraction of sp³-hybridized carbons (Fsp3) is 0.192. The number of carbonyl (C=O) groups is 3. The molecule has 1 fully saturated rings. The standard InChI is InChI=1S/C26H21NO5/c1-31-19-12-13-22-20(14-19)26(25(30)32-22,18-10-6-3-7-11-18)21-15-23(28)27(24(21)29)16-17-8-4-2-5-9-17/h2-14,21H,15-16H2,1H3/t21-,26+/m1/s1. The first-order valence-electron chi connectivity index (χ1n) is 10.4. The summed E-state index contributed by atoms with van der Waals surface area (Å²) in [5, 5.41) is 0. The number of likely N-dealkylation sites (tertiary alicyclic amines) is 1. The average molecular weight is 427 g/mol. The number of esters is 1. The maximum Gasteiger partial charge on any atom is 0.327 e. The van der Waals surface area contributed by atoms with Gasteiger partial charge in [-0.1, -0.05) is 60.7 Å². The minimum Gasteiger partial charge on any atom is -0.497 e. The zero-order valence-corrected chi connectivity index (χ0v) is 17.5. The lowest BCUT2D eigenvalue weighted by Crippen LogP contribution is -2.46. The Bertz CT molecular complexity index is 1210. The van der Waals surface area contributed by atoms with E-state index in [4.69, 9.17) is 9.47 Å². The van der Waals surface area contributed by atoms with Crippen LogP contribution in [0.3, 0.4) is 0 Å². The van der Waals surface area contributed by atoms with E-state index in [1.54, 1.807) is 30.3 Å². The molecule has 0 aromatic heterocycles. The van der Waals surface area contributed by atoms with Gasteiger partial charge in [-0.25, -0.2) is 0 Å². The Morgan fingerprint density at radius 2 is 1.66 bits per heavy atom. The Kier molecular flexibility index (Phi) is 4.78. The Morgan fingerprint density at radius 3 is 2.34 bits per heavy atom. The van der Waals surface area contributed by atoms with E-state index in [0.29, 0.717) is 22.6 Å². The van der Waals surface area contributed by atoms with Crippen LogP contribution in [-0.2, 0) is 26.3 Å². The largest absolute Gasteiger partial charge is 0.497 e. The van der Waals surface area contributed by atoms with Gasteiger partial charge in [-0.3, -0.25) is 19.3 Å². The summed E-state index contributed by atoms with van der Waals surface area (Å²) in [6.45, 7) is 0.167. The second-order valence-corrected chi connectivity index (χ2v) is 7.99. The molecule has 0 aliphatic carbocycles. The predicted molar refractivity (Wildman–Crippen MR) is 116 cm³/mol. The van der Waals surface area contributed by atoms with E-state index in [0.717, 1.165) is 5.56 Å². The van der Waals surface area contributed by atoms with Gasteiger partial charge >= 0.3 is 5.97 Å². The zero-order chi connectivity index (χ0) is 22.3. The third-order valence-corrected chi connectivity index (χ3v) is 6.32. The molecule has 0 N–H and O–H groups in total. The van der Waals surface area contributed by atoms with Crippen molar-refractivity contribution >= 4 is 17.8 Å². The molecule has 0 saturated carbocycles. The first-order chi connectivity index (χ1) is 15.6. The van der Waals surface area contributed by atoms with Gasteiger partial charge in [0, 0.05) is 12.0 Å². The molecule has 2 atom stereocenters. The lowest BCUT2D eigenvalue weighted by molar-refractivity contribution is -0.145. The summed E-state index contributed by atoms with van der Waals surface area (Å²) in [5.41, 5.74) is 0.578. The Hall–Kier alpha value is -3.93. The van der Waals surface area contributed by atoms with Crippen molar-refractivity contribution in [3.8, 4) is 11.5 Å². The van der Waals surface area contributed by atoms with Crippen LogP contribution in [0.5, 0.6) is 11.5 Å². The average Bonchev–Trinajstić information content (AvgIpc) is 3.27. The van der Waals surface area contributed by atoms with Gasteiger partial charge in [-0.15, -0.1) is 0 Å². The molecular weight excluding hydrogens is 406 g/mol. The molecule has 2 aliphatic heterocycles. The Labute approximate surface area is 185 Å². The van der Waals surface area contributed by atoms with Crippen LogP contribution in [0.15, 0.2) is 78.9 Å². The van der Waals surface area contributed by atoms with Crippen LogP contribution in [0.4, 0.5) is 0 Å². The molecule has 0 bridgehead atoms. The summed E-state index contributed by atoms with van der Waals surface area (Å²) >= 11 is 0. The van der Waals surface area contributed by atoms with E-state index in [9.17, 15) is 14.4 Å². The van der Waals surface area contributed by atoms with Crippen LogP contribution in [0.25, 0.3) is 0 Å². The molecule has 0 radical (unpaired) electrons. The number of imide groups is 1. The maximum absolute atomic E-state index is 13.7. The van der Waals surface area contributed by atoms with E-state index in [2.05, 4.69) is 0 Å². The second kappa shape index (κ2) is 7.64. The van der Waals surface area contributed by atoms with E-state index in [1.807, 2.05) is 48.5 Å². The van der Waals surface area contributed by atoms with E-state index >= 15 is 0 Å². The third-order valence-electron chi connectivity index (χ3n) is 6.32. The fourth-order valence-electron chi connectivity index (χ4n) is 4.78. The summed E-state index contributed by atoms with van der Waals surface area (Å²) in [4.78, 5) is 41.4. The quantitative estimate of drug-likeness (QED) is 0.354. The van der Waals surface area contributed by atoms with Crippen molar-refractivity contribution in [1.29, 1.82) is 0 Å². The normalized spacial score (nSPS) is 22.1. The van der Waals surface area contributed by atoms with Crippen LogP contribution in [0.1, 0.15) is 23.1 Å². The van der Waals surface area contributed by atoms with Crippen molar-refractivity contribution in [1.82, 2.24) is 4.90 Å². The molecule has 3 aromatic carbocycles. The highest BCUT2D eigenvalue weighted by Gasteiger charge is 2.62. The maximum atomic E-state index is 13.7. The van der Waals surface area contributed by atoms with Crippen molar-refractivity contribution in [3.05, 3.63) is 95.6 Å². The van der Waals surface area contributed by atoms with Crippen molar-refractivity contribution < 1.29 is 23.9 Å². The lowest BCUT2D eigenvalue weighted by Gasteiger charge is -2.31. The highest BCUT2D eigenvalue weighted by molar-refractivity contribution is 6.09. The number of ether oxygens (including phenoxy) is 2. The van der Waals surface area contributed by atoms with Gasteiger partial charge in [0.05, 0.1) is 19.6 Å². The monoisotopic (exact) mass is 427 g/mol. The first kappa shape index (κ1) is 20.0. The van der Waals surface area contributed by atoms with Crippen molar-refractivity contribution in [2.75, 3.05) is 7.11 Å². The van der Waals surface area contributed by atoms with Gasteiger partial charge in [-0.05, 0) is 29.3 Å². The van der Waals surface area contributed by atoms with Crippen LogP contribution >= 0.6 is 0 Å². The van der Waals surface area contributed by atoms with E-state index in [-0.39, 0.29) is 24.8 Å². The van der Waals surface area contributed by atoms with Crippen LogP contribution in [-0.4, -0.2) is 29.8 Å². The Morgan fingerprint density at radius 1 is 0.969 bits per heavy atom. The molecule has 6 heteroatoms. The zero-order valence-electron chi connectivity index (χ0n) is 17.5. The van der Waals surface area contributed by atoms with Gasteiger partial charge in [-0.2, -0.15) is 0 Å². The molecule has 5 rings (SSSR count). The summed E-state index contributed by atoms with van der Waals surface area (Å²) in [6, 6.07) is 23.5. The molecule has 2 amide bonds. The van der Waals surface area contributed by atoms with Gasteiger partial charge in [0.15, 0.2) is 0 Å². The first-order valence-corrected chi connectivity index (χ1v) is 10.4. The van der Waals surface area contributed by atoms with Gasteiger partial charge in [0.2, 0.25) is 11.8 Å². The molecule has 1 saturated heterocycles. The van der Waals surface area contributed by atoms with Crippen LogP contribution < -0.4 is 9.47 Å². The number of amides is 2. The predicted octanol–water partition coefficient (Wildman–Crippen LogP) is 3.48. The van der Waals surface area contributed by atoms with Crippen molar-refractivity contribution in [2.24, 2.45) is 5.92 Å². The topological polar surface area (TPSA) is 72.9 Å². The lowest BCUT2D eigenvalue weighted by atomic mass is 9.65. The summed E-state index contributed by atoms with van der Waals surface area (Å²) in [5.74, 6) is -1.23. The highest BCUT2D eigenvalue weighted by Crippen LogP contribution is 2.53. The molecule has 160 valence electrons. The van der Waals surface area contributed by atoms with Gasteiger partial charge in [0.25, 0.3) is 0 Å². The number of carbonyl (C=O) groups excluding carboxylic acids is 3. The van der Waals surface area contributed by atoms with Gasteiger partial charge < -0.3 is 9.47 Å². The third kappa shape index (κ3) is 2.91. The van der Waals surface area contributed by atoms with E-state index in [1.165, 1.54) is 12.0 Å². The highest BCUT2D eigenvalue weighted by atomic mass is 16.5. The number of rotatable bonds is 5. The number of nitrogens with zero attached hydrogens (tertiary/aromatic N) is 1. The number of benzene rings is 3. The van der Waals surface area contributed by atoms with Crippen LogP contribution in [0, 0.1) is 5.92 Å². The SMILES string of the molecule is COc1ccc2c(c1)[C@@](c1ccccc1)([C@@H]1CC(=O)N(Cc3ccccc3)C1=O)C(=O)O2. The van der Waals surface area contributed by atoms with Gasteiger partial charge in [0.1, 0.15) is 16.9 Å². The number of hydrogen-bond donors (Lipinski definition) is 0. The number of fused-ring (bicyclic) bond motifs is 1. The molecule has 2 aliphatic rings. The van der Waals surface area contributed by atoms with Crippen molar-refractivity contribution in [2.45, 2.75) is 18.4 Å². The molecule has 32 heavy (non-hydrogen) atoms. The summed E-state index contributed by atoms with van der Waals surface area (Å²) in [6.07, 6.45) is -0.0771. The fourth-order valence-corrected chi connectivity index (χ4v) is 4.78. The summed E-state index contributed by atoms with van der Waals surface area (Å²) < 4.78 is 11.0. The molecule has 6 nitrogen and oxygen atoms in total. The van der Waals surface area contributed by atoms with Crippen LogP contribution in [0.2, 0.25) is 0 Å². The Balaban J connectivity index is 1.65. The molecule has 2 heterocycles. The van der Waals surface area contributed by atoms with E-state index < -0.39 is 17.3 Å². The number of methoxy groups -OCH3 is 1. The molecular formula is C26H21NO5. The molecule has 3 aromatic rings. The molecule has 0 unspecified atom stereocenters. The smallest absolute Gasteiger partial charge is 0.327 e. The van der Waals surface area contributed by atoms with Crippen molar-refractivity contribution in [3.63, 3.8) is 0 Å². The minimum absolute atomic E-state index is 0.0771. The number of hydrogen-bond acceptors (Lipinski definition) is 5. The second-order valence-electron chi connectivity index (χ2n) is 7.99.